The van der Waals surface area contributed by atoms with Gasteiger partial charge in [0.15, 0.2) is 0 Å². The Kier molecular flexibility index (Phi) is 4.30. The van der Waals surface area contributed by atoms with E-state index in [1.165, 1.54) is 37.7 Å². The Hall–Kier alpha value is -1.30. The van der Waals surface area contributed by atoms with Crippen LogP contribution < -0.4 is 0 Å². The van der Waals surface area contributed by atoms with Crippen molar-refractivity contribution in [2.24, 2.45) is 5.92 Å². The molecule has 0 aromatic heterocycles. The summed E-state index contributed by atoms with van der Waals surface area (Å²) in [6.07, 6.45) is 13.3. The number of fused-ring (bicyclic) bond motifs is 1. The third kappa shape index (κ3) is 2.69. The highest BCUT2D eigenvalue weighted by molar-refractivity contribution is 5.70. The summed E-state index contributed by atoms with van der Waals surface area (Å²) in [5.74, 6) is 1.45. The fourth-order valence-corrected chi connectivity index (χ4v) is 4.16. The average molecular weight is 294 g/mol. The summed E-state index contributed by atoms with van der Waals surface area (Å²) in [7, 11) is 0. The fraction of sp³-hybridized carbons (Fsp3) is 0.545. The maximum Gasteiger partial charge on any atom is -0.00717 e. The minimum atomic E-state index is 0.264. The summed E-state index contributed by atoms with van der Waals surface area (Å²) in [5, 5.41) is 0. The zero-order chi connectivity index (χ0) is 15.7. The lowest BCUT2D eigenvalue weighted by Crippen LogP contribution is -2.26. The van der Waals surface area contributed by atoms with Gasteiger partial charge in [-0.2, -0.15) is 0 Å². The third-order valence-corrected chi connectivity index (χ3v) is 6.25. The van der Waals surface area contributed by atoms with Gasteiger partial charge >= 0.3 is 0 Å². The molecule has 0 N–H and O–H groups in total. The number of hydrogen-bond donors (Lipinski definition) is 0. The SMILES string of the molecule is C/C=C1\CCC(C)C(C)(C)c2cc(C3CC=CCC3)ccc21. The van der Waals surface area contributed by atoms with Crippen molar-refractivity contribution in [3.63, 3.8) is 0 Å². The third-order valence-electron chi connectivity index (χ3n) is 6.25. The first-order chi connectivity index (χ1) is 10.5. The Bertz CT molecular complexity index is 600. The molecule has 3 rings (SSSR count). The second-order valence-corrected chi connectivity index (χ2v) is 7.76. The van der Waals surface area contributed by atoms with E-state index in [1.54, 1.807) is 16.7 Å². The monoisotopic (exact) mass is 294 g/mol. The quantitative estimate of drug-likeness (QED) is 0.403. The lowest BCUT2D eigenvalue weighted by Gasteiger charge is -2.33. The van der Waals surface area contributed by atoms with Crippen molar-refractivity contribution in [2.75, 3.05) is 0 Å². The van der Waals surface area contributed by atoms with Gasteiger partial charge in [-0.15, -0.1) is 0 Å². The molecule has 118 valence electrons. The van der Waals surface area contributed by atoms with Crippen LogP contribution in [0.4, 0.5) is 0 Å². The Morgan fingerprint density at radius 2 is 1.95 bits per heavy atom. The van der Waals surface area contributed by atoms with E-state index in [9.17, 15) is 0 Å². The van der Waals surface area contributed by atoms with Crippen LogP contribution in [-0.4, -0.2) is 0 Å². The predicted molar refractivity (Wildman–Crippen MR) is 97.2 cm³/mol. The highest BCUT2D eigenvalue weighted by Crippen LogP contribution is 2.45. The van der Waals surface area contributed by atoms with Gasteiger partial charge < -0.3 is 0 Å². The van der Waals surface area contributed by atoms with Crippen molar-refractivity contribution in [3.8, 4) is 0 Å². The minimum Gasteiger partial charge on any atom is -0.0885 e. The van der Waals surface area contributed by atoms with Gasteiger partial charge in [-0.3, -0.25) is 0 Å². The Labute approximate surface area is 136 Å². The fourth-order valence-electron chi connectivity index (χ4n) is 4.16. The van der Waals surface area contributed by atoms with Crippen molar-refractivity contribution in [1.82, 2.24) is 0 Å². The summed E-state index contributed by atoms with van der Waals surface area (Å²) >= 11 is 0. The molecule has 0 bridgehead atoms. The van der Waals surface area contributed by atoms with E-state index in [2.05, 4.69) is 64.1 Å². The molecule has 2 aliphatic rings. The van der Waals surface area contributed by atoms with E-state index in [4.69, 9.17) is 0 Å². The molecule has 2 atom stereocenters. The highest BCUT2D eigenvalue weighted by Gasteiger charge is 2.33. The molecule has 2 unspecified atom stereocenters. The van der Waals surface area contributed by atoms with E-state index in [1.807, 2.05) is 0 Å². The zero-order valence-corrected chi connectivity index (χ0v) is 14.7. The normalized spacial score (nSPS) is 29.2. The van der Waals surface area contributed by atoms with E-state index >= 15 is 0 Å². The van der Waals surface area contributed by atoms with E-state index in [0.29, 0.717) is 0 Å². The number of benzene rings is 1. The van der Waals surface area contributed by atoms with Crippen molar-refractivity contribution in [1.29, 1.82) is 0 Å². The van der Waals surface area contributed by atoms with E-state index in [0.717, 1.165) is 11.8 Å². The second-order valence-electron chi connectivity index (χ2n) is 7.76. The molecule has 1 aromatic carbocycles. The maximum atomic E-state index is 2.55. The Morgan fingerprint density at radius 1 is 1.14 bits per heavy atom. The van der Waals surface area contributed by atoms with Crippen LogP contribution in [-0.2, 0) is 5.41 Å². The van der Waals surface area contributed by atoms with Crippen LogP contribution in [0.1, 0.15) is 82.4 Å². The van der Waals surface area contributed by atoms with Crippen molar-refractivity contribution >= 4 is 5.57 Å². The molecular formula is C22H30. The van der Waals surface area contributed by atoms with Crippen LogP contribution >= 0.6 is 0 Å². The summed E-state index contributed by atoms with van der Waals surface area (Å²) in [4.78, 5) is 0. The van der Waals surface area contributed by atoms with Gasteiger partial charge in [0, 0.05) is 0 Å². The standard InChI is InChI=1S/C22H30/c1-5-17-12-11-16(2)22(3,4)21-15-19(13-14-20(17)21)18-9-7-6-8-10-18/h5-7,13-16,18H,8-12H2,1-4H3/b17-5+. The molecule has 0 spiro atoms. The molecule has 0 aliphatic heterocycles. The molecule has 0 heterocycles. The van der Waals surface area contributed by atoms with E-state index < -0.39 is 0 Å². The molecule has 0 radical (unpaired) electrons. The Balaban J connectivity index is 2.09. The molecule has 22 heavy (non-hydrogen) atoms. The number of allylic oxidation sites excluding steroid dienone is 4. The van der Waals surface area contributed by atoms with Gasteiger partial charge in [0.2, 0.25) is 0 Å². The van der Waals surface area contributed by atoms with Crippen molar-refractivity contribution < 1.29 is 0 Å². The second kappa shape index (κ2) is 6.07. The first-order valence-corrected chi connectivity index (χ1v) is 8.99. The van der Waals surface area contributed by atoms with Crippen LogP contribution in [0.3, 0.4) is 0 Å². The maximum absolute atomic E-state index is 2.55. The molecule has 0 saturated carbocycles. The minimum absolute atomic E-state index is 0.264. The van der Waals surface area contributed by atoms with Gasteiger partial charge in [0.1, 0.15) is 0 Å². The largest absolute Gasteiger partial charge is 0.0885 e. The predicted octanol–water partition coefficient (Wildman–Crippen LogP) is 6.62. The molecular weight excluding hydrogens is 264 g/mol. The summed E-state index contributed by atoms with van der Waals surface area (Å²) in [5.41, 5.74) is 6.45. The van der Waals surface area contributed by atoms with Gasteiger partial charge in [-0.1, -0.05) is 57.2 Å². The molecule has 0 fully saturated rings. The first kappa shape index (κ1) is 15.6. The molecule has 0 amide bonds. The Morgan fingerprint density at radius 3 is 2.64 bits per heavy atom. The smallest absolute Gasteiger partial charge is 0.00717 e. The van der Waals surface area contributed by atoms with E-state index in [-0.39, 0.29) is 5.41 Å². The van der Waals surface area contributed by atoms with Gasteiger partial charge in [0.05, 0.1) is 0 Å². The molecule has 1 aromatic rings. The number of hydrogen-bond acceptors (Lipinski definition) is 0. The lowest BCUT2D eigenvalue weighted by molar-refractivity contribution is 0.332. The molecule has 2 aliphatic carbocycles. The first-order valence-electron chi connectivity index (χ1n) is 8.99. The molecule has 0 saturated heterocycles. The summed E-state index contributed by atoms with van der Waals surface area (Å²) in [6, 6.07) is 7.36. The van der Waals surface area contributed by atoms with Gasteiger partial charge in [-0.05, 0) is 78.5 Å². The van der Waals surface area contributed by atoms with Crippen LogP contribution in [0.5, 0.6) is 0 Å². The average Bonchev–Trinajstić information content (AvgIpc) is 2.64. The molecule has 0 heteroatoms. The number of rotatable bonds is 1. The zero-order valence-electron chi connectivity index (χ0n) is 14.7. The van der Waals surface area contributed by atoms with Gasteiger partial charge in [-0.25, -0.2) is 0 Å². The van der Waals surface area contributed by atoms with Crippen molar-refractivity contribution in [2.45, 2.75) is 71.1 Å². The van der Waals surface area contributed by atoms with Crippen LogP contribution in [0, 0.1) is 5.92 Å². The topological polar surface area (TPSA) is 0 Å². The summed E-state index contributed by atoms with van der Waals surface area (Å²) < 4.78 is 0. The van der Waals surface area contributed by atoms with Crippen molar-refractivity contribution in [3.05, 3.63) is 53.1 Å². The van der Waals surface area contributed by atoms with Crippen LogP contribution in [0.25, 0.3) is 5.57 Å². The van der Waals surface area contributed by atoms with Crippen LogP contribution in [0.15, 0.2) is 36.4 Å². The van der Waals surface area contributed by atoms with Gasteiger partial charge in [0.25, 0.3) is 0 Å². The summed E-state index contributed by atoms with van der Waals surface area (Å²) in [6.45, 7) is 9.51. The van der Waals surface area contributed by atoms with Crippen LogP contribution in [0.2, 0.25) is 0 Å². The lowest BCUT2D eigenvalue weighted by atomic mass is 9.71. The highest BCUT2D eigenvalue weighted by atomic mass is 14.4. The molecule has 0 nitrogen and oxygen atoms in total.